The molecule has 0 amide bonds. The highest BCUT2D eigenvalue weighted by atomic mass is 35.5. The molecule has 0 unspecified atom stereocenters. The highest BCUT2D eigenvalue weighted by Crippen LogP contribution is 2.37. The van der Waals surface area contributed by atoms with Gasteiger partial charge in [0.1, 0.15) is 41.8 Å². The molecule has 5 rings (SSSR count). The fraction of sp³-hybridized carbons (Fsp3) is 0.161. The molecule has 0 fully saturated rings. The van der Waals surface area contributed by atoms with Crippen LogP contribution in [0.15, 0.2) is 83.5 Å². The molecule has 0 atom stereocenters. The van der Waals surface area contributed by atoms with Gasteiger partial charge in [-0.2, -0.15) is 0 Å². The van der Waals surface area contributed by atoms with Crippen molar-refractivity contribution in [2.24, 2.45) is 0 Å². The van der Waals surface area contributed by atoms with Crippen LogP contribution in [0.5, 0.6) is 5.75 Å². The molecule has 12 heteroatoms. The van der Waals surface area contributed by atoms with E-state index in [1.165, 1.54) is 48.5 Å². The maximum Gasteiger partial charge on any atom is 0.341 e. The second-order valence-electron chi connectivity index (χ2n) is 9.70. The van der Waals surface area contributed by atoms with E-state index in [0.717, 1.165) is 0 Å². The Bertz CT molecular complexity index is 1810. The summed E-state index contributed by atoms with van der Waals surface area (Å²) in [6.45, 7) is 1.29. The number of carbonyl (C=O) groups is 2. The van der Waals surface area contributed by atoms with E-state index >= 15 is 0 Å². The van der Waals surface area contributed by atoms with Crippen LogP contribution in [0, 0.1) is 5.82 Å². The number of fused-ring (bicyclic) bond motifs is 1. The lowest BCUT2D eigenvalue weighted by molar-refractivity contribution is -0.157. The standard InChI is InChI=1S/C31H26ClFN4O6/c1-2-31(29(38)39,30(40)41)37(21-7-10-27(24(32)14-21)42-16-18-4-3-5-20(33)12-18)15-22-8-11-26(43-22)19-6-9-25-23(13-19)28(34)36-17-35-25/h3-14,17H,2,15-16H2,1H3,(H,38,39)(H,40,41)(H2,34,35,36). The number of aliphatic carboxylic acids is 2. The normalized spacial score (nSPS) is 11.4. The van der Waals surface area contributed by atoms with E-state index in [0.29, 0.717) is 39.4 Å². The zero-order valence-electron chi connectivity index (χ0n) is 22.8. The van der Waals surface area contributed by atoms with Crippen molar-refractivity contribution >= 4 is 45.9 Å². The van der Waals surface area contributed by atoms with Gasteiger partial charge in [-0.15, -0.1) is 0 Å². The Morgan fingerprint density at radius 3 is 2.53 bits per heavy atom. The molecule has 0 saturated carbocycles. The lowest BCUT2D eigenvalue weighted by Crippen LogP contribution is -2.60. The summed E-state index contributed by atoms with van der Waals surface area (Å²) in [6, 6.07) is 19.0. The molecule has 3 aromatic carbocycles. The topological polar surface area (TPSA) is 152 Å². The molecule has 2 heterocycles. The lowest BCUT2D eigenvalue weighted by Gasteiger charge is -2.38. The average molecular weight is 605 g/mol. The fourth-order valence-electron chi connectivity index (χ4n) is 4.83. The molecule has 10 nitrogen and oxygen atoms in total. The Kier molecular flexibility index (Phi) is 8.18. The van der Waals surface area contributed by atoms with Gasteiger partial charge in [0.2, 0.25) is 5.54 Å². The second-order valence-corrected chi connectivity index (χ2v) is 10.1. The number of anilines is 2. The molecule has 43 heavy (non-hydrogen) atoms. The minimum Gasteiger partial charge on any atom is -0.487 e. The van der Waals surface area contributed by atoms with Crippen LogP contribution in [0.3, 0.4) is 0 Å². The number of carboxylic acid groups (broad SMARTS) is 2. The van der Waals surface area contributed by atoms with Crippen LogP contribution in [-0.4, -0.2) is 37.7 Å². The number of carboxylic acids is 2. The van der Waals surface area contributed by atoms with Crippen molar-refractivity contribution in [1.29, 1.82) is 0 Å². The largest absolute Gasteiger partial charge is 0.487 e. The van der Waals surface area contributed by atoms with E-state index in [1.807, 2.05) is 0 Å². The Balaban J connectivity index is 1.48. The summed E-state index contributed by atoms with van der Waals surface area (Å²) in [5.74, 6) is -2.20. The molecule has 0 saturated heterocycles. The summed E-state index contributed by atoms with van der Waals surface area (Å²) in [5, 5.41) is 21.2. The second kappa shape index (κ2) is 12.0. The fourth-order valence-corrected chi connectivity index (χ4v) is 5.06. The minimum atomic E-state index is -2.35. The number of hydrogen-bond acceptors (Lipinski definition) is 8. The van der Waals surface area contributed by atoms with Gasteiger partial charge in [0.25, 0.3) is 0 Å². The molecule has 0 aliphatic carbocycles. The smallest absolute Gasteiger partial charge is 0.341 e. The van der Waals surface area contributed by atoms with Crippen LogP contribution in [-0.2, 0) is 22.7 Å². The van der Waals surface area contributed by atoms with E-state index in [-0.39, 0.29) is 36.0 Å². The first-order chi connectivity index (χ1) is 20.6. The van der Waals surface area contributed by atoms with Crippen LogP contribution >= 0.6 is 11.6 Å². The molecule has 220 valence electrons. The monoisotopic (exact) mass is 604 g/mol. The molecule has 0 radical (unpaired) electrons. The van der Waals surface area contributed by atoms with Gasteiger partial charge in [0, 0.05) is 16.6 Å². The third kappa shape index (κ3) is 5.80. The number of rotatable bonds is 11. The van der Waals surface area contributed by atoms with Crippen molar-refractivity contribution in [3.8, 4) is 17.1 Å². The molecular weight excluding hydrogens is 579 g/mol. The van der Waals surface area contributed by atoms with E-state index < -0.39 is 23.3 Å². The molecule has 0 bridgehead atoms. The number of nitrogens with zero attached hydrogens (tertiary/aromatic N) is 3. The Labute approximate surface area is 250 Å². The lowest BCUT2D eigenvalue weighted by atomic mass is 9.92. The predicted octanol–water partition coefficient (Wildman–Crippen LogP) is 6.17. The highest BCUT2D eigenvalue weighted by molar-refractivity contribution is 6.32. The molecule has 0 aliphatic heterocycles. The van der Waals surface area contributed by atoms with Crippen molar-refractivity contribution < 1.29 is 33.3 Å². The van der Waals surface area contributed by atoms with Gasteiger partial charge in [-0.3, -0.25) is 0 Å². The average Bonchev–Trinajstić information content (AvgIpc) is 3.45. The van der Waals surface area contributed by atoms with Crippen LogP contribution in [0.1, 0.15) is 24.7 Å². The van der Waals surface area contributed by atoms with Crippen molar-refractivity contribution in [2.75, 3.05) is 10.6 Å². The van der Waals surface area contributed by atoms with Gasteiger partial charge in [0.15, 0.2) is 0 Å². The quantitative estimate of drug-likeness (QED) is 0.149. The Hall–Kier alpha value is -5.16. The highest BCUT2D eigenvalue weighted by Gasteiger charge is 2.51. The van der Waals surface area contributed by atoms with Crippen molar-refractivity contribution in [3.05, 3.63) is 101 Å². The molecule has 0 aliphatic rings. The summed E-state index contributed by atoms with van der Waals surface area (Å²) >= 11 is 6.51. The number of nitrogen functional groups attached to an aromatic ring is 1. The van der Waals surface area contributed by atoms with Gasteiger partial charge < -0.3 is 30.0 Å². The first kappa shape index (κ1) is 29.3. The maximum absolute atomic E-state index is 13.5. The zero-order valence-corrected chi connectivity index (χ0v) is 23.6. The number of nitrogens with two attached hydrogens (primary N) is 1. The number of furan rings is 1. The summed E-state index contributed by atoms with van der Waals surface area (Å²) in [6.07, 6.45) is 1.10. The molecule has 2 aromatic heterocycles. The molecule has 4 N–H and O–H groups in total. The predicted molar refractivity (Wildman–Crippen MR) is 158 cm³/mol. The number of halogens is 2. The number of hydrogen-bond donors (Lipinski definition) is 3. The molecule has 5 aromatic rings. The van der Waals surface area contributed by atoms with Gasteiger partial charge in [-0.25, -0.2) is 23.9 Å². The van der Waals surface area contributed by atoms with E-state index in [2.05, 4.69) is 9.97 Å². The summed E-state index contributed by atoms with van der Waals surface area (Å²) in [7, 11) is 0. The zero-order chi connectivity index (χ0) is 30.7. The van der Waals surface area contributed by atoms with E-state index in [9.17, 15) is 24.2 Å². The van der Waals surface area contributed by atoms with Gasteiger partial charge >= 0.3 is 11.9 Å². The van der Waals surface area contributed by atoms with Crippen molar-refractivity contribution in [1.82, 2.24) is 9.97 Å². The first-order valence-corrected chi connectivity index (χ1v) is 13.5. The molecular formula is C31H26ClFN4O6. The van der Waals surface area contributed by atoms with Crippen LogP contribution in [0.4, 0.5) is 15.9 Å². The van der Waals surface area contributed by atoms with Crippen LogP contribution in [0.2, 0.25) is 5.02 Å². The SMILES string of the molecule is CCC(C(=O)O)(C(=O)O)N(Cc1ccc(-c2ccc3ncnc(N)c3c2)o1)c1ccc(OCc2cccc(F)c2)c(Cl)c1. The summed E-state index contributed by atoms with van der Waals surface area (Å²) < 4.78 is 25.4. The third-order valence-corrected chi connectivity index (χ3v) is 7.41. The number of ether oxygens (including phenoxy) is 1. The minimum absolute atomic E-state index is 0.0331. The van der Waals surface area contributed by atoms with E-state index in [1.54, 1.807) is 42.5 Å². The summed E-state index contributed by atoms with van der Waals surface area (Å²) in [4.78, 5) is 34.5. The molecule has 0 spiro atoms. The summed E-state index contributed by atoms with van der Waals surface area (Å²) in [5.41, 5.74) is 5.77. The van der Waals surface area contributed by atoms with Crippen LogP contribution in [0.25, 0.3) is 22.2 Å². The van der Waals surface area contributed by atoms with Gasteiger partial charge in [0.05, 0.1) is 17.1 Å². The number of benzene rings is 3. The Morgan fingerprint density at radius 1 is 1.05 bits per heavy atom. The van der Waals surface area contributed by atoms with Gasteiger partial charge in [-0.1, -0.05) is 30.7 Å². The van der Waals surface area contributed by atoms with Crippen molar-refractivity contribution in [3.63, 3.8) is 0 Å². The van der Waals surface area contributed by atoms with Crippen molar-refractivity contribution in [2.45, 2.75) is 32.0 Å². The number of aromatic nitrogens is 2. The third-order valence-electron chi connectivity index (χ3n) is 7.12. The van der Waals surface area contributed by atoms with E-state index in [4.69, 9.17) is 26.5 Å². The first-order valence-electron chi connectivity index (χ1n) is 13.1. The maximum atomic E-state index is 13.5. The Morgan fingerprint density at radius 2 is 1.84 bits per heavy atom. The van der Waals surface area contributed by atoms with Gasteiger partial charge in [-0.05, 0) is 72.6 Å². The van der Waals surface area contributed by atoms with Crippen LogP contribution < -0.4 is 15.4 Å².